The highest BCUT2D eigenvalue weighted by Crippen LogP contribution is 2.50. The van der Waals surface area contributed by atoms with E-state index in [1.165, 1.54) is 13.1 Å². The molecule has 0 aromatic carbocycles. The average Bonchev–Trinajstić information content (AvgIpc) is 1.58. The molecule has 624 valence electrons. The second-order valence-corrected chi connectivity index (χ2v) is 55.3. The minimum Gasteiger partial charge on any atom is -0.388 e. The normalized spacial score (nSPS) is 34.7. The van der Waals surface area contributed by atoms with E-state index in [1.807, 2.05) is 6.92 Å². The average molecular weight is 1650 g/mol. The molecule has 0 saturated carbocycles. The summed E-state index contributed by atoms with van der Waals surface area (Å²) in [6, 6.07) is -1.70. The Morgan fingerprint density at radius 1 is 0.423 bits per heavy atom. The summed E-state index contributed by atoms with van der Waals surface area (Å²) in [4.78, 5) is 56.4. The summed E-state index contributed by atoms with van der Waals surface area (Å²) in [5.41, 5.74) is 2.72. The quantitative estimate of drug-likeness (QED) is 0.0623. The molecule has 30 nitrogen and oxygen atoms in total. The minimum atomic E-state index is -1.45. The van der Waals surface area contributed by atoms with Gasteiger partial charge in [0.1, 0.15) is 96.7 Å². The van der Waals surface area contributed by atoms with Crippen LogP contribution in [0.15, 0.2) is 120 Å². The Kier molecular flexibility index (Phi) is 31.2. The van der Waals surface area contributed by atoms with Crippen LogP contribution >= 0.6 is 34.4 Å². The number of urea groups is 5. The van der Waals surface area contributed by atoms with Gasteiger partial charge < -0.3 is 126 Å². The molecule has 20 atom stereocenters. The third-order valence-electron chi connectivity index (χ3n) is 20.7. The Morgan fingerprint density at radius 3 is 1.09 bits per heavy atom. The first-order valence-corrected chi connectivity index (χ1v) is 51.9. The van der Waals surface area contributed by atoms with Crippen LogP contribution in [0, 0.1) is 0 Å². The molecule has 11 aliphatic heterocycles. The van der Waals surface area contributed by atoms with E-state index in [-0.39, 0.29) is 42.4 Å². The number of aliphatic hydroxyl groups is 6. The number of amides is 10. The Labute approximate surface area is 655 Å². The van der Waals surface area contributed by atoms with E-state index in [4.69, 9.17) is 42.6 Å². The maximum absolute atomic E-state index is 11.3. The fraction of sp³-hybridized carbons (Fsp3) is 0.605. The van der Waals surface area contributed by atoms with Crippen molar-refractivity contribution >= 4 is 96.1 Å². The molecule has 11 rings (SSSR count). The van der Waals surface area contributed by atoms with E-state index >= 15 is 0 Å². The second kappa shape index (κ2) is 37.3. The maximum Gasteiger partial charge on any atom is 0.323 e. The lowest BCUT2D eigenvalue weighted by atomic mass is 9.87. The lowest BCUT2D eigenvalue weighted by molar-refractivity contribution is -0.132. The third-order valence-corrected chi connectivity index (χ3v) is 28.0. The lowest BCUT2D eigenvalue weighted by Gasteiger charge is -2.34. The van der Waals surface area contributed by atoms with E-state index in [0.717, 1.165) is 50.1 Å². The van der Waals surface area contributed by atoms with Crippen molar-refractivity contribution in [3.8, 4) is 0 Å². The van der Waals surface area contributed by atoms with Crippen LogP contribution in [0.2, 0.25) is 0 Å². The molecule has 10 amide bonds. The number of hydrogen-bond donors (Lipinski definition) is 16. The van der Waals surface area contributed by atoms with E-state index < -0.39 is 143 Å². The summed E-state index contributed by atoms with van der Waals surface area (Å²) >= 11 is 0. The number of ether oxygens (including phenoxy) is 9. The lowest BCUT2D eigenvalue weighted by Crippen LogP contribution is -2.49. The molecule has 0 radical (unpaired) electrons. The Bertz CT molecular complexity index is 3820. The van der Waals surface area contributed by atoms with Gasteiger partial charge in [-0.1, -0.05) is 32.9 Å². The largest absolute Gasteiger partial charge is 0.388 e. The topological polar surface area (TPSA) is 410 Å². The predicted octanol–water partition coefficient (Wildman–Crippen LogP) is 4.58. The first kappa shape index (κ1) is 92.8. The highest BCUT2D eigenvalue weighted by molar-refractivity contribution is 7.73. The van der Waals surface area contributed by atoms with Gasteiger partial charge in [0.2, 0.25) is 0 Å². The zero-order valence-electron chi connectivity index (χ0n) is 67.2. The number of aliphatic hydroxyl groups excluding tert-OH is 5. The van der Waals surface area contributed by atoms with E-state index in [0.29, 0.717) is 75.8 Å². The maximum atomic E-state index is 11.3. The molecule has 0 aromatic rings. The third kappa shape index (κ3) is 24.2. The van der Waals surface area contributed by atoms with Crippen molar-refractivity contribution in [2.45, 2.75) is 167 Å². The van der Waals surface area contributed by atoms with Crippen LogP contribution in [0.1, 0.15) is 46.0 Å². The summed E-state index contributed by atoms with van der Waals surface area (Å²) in [5, 5.41) is 89.1. The molecular formula is C76H125N10O20P5. The first-order valence-electron chi connectivity index (χ1n) is 36.6. The van der Waals surface area contributed by atoms with Crippen molar-refractivity contribution in [3.05, 3.63) is 120 Å². The van der Waals surface area contributed by atoms with Crippen molar-refractivity contribution in [3.63, 3.8) is 0 Å². The molecule has 0 aliphatic carbocycles. The smallest absolute Gasteiger partial charge is 0.323 e. The van der Waals surface area contributed by atoms with Crippen LogP contribution in [0.5, 0.6) is 0 Å². The van der Waals surface area contributed by atoms with Gasteiger partial charge in [-0.05, 0) is 143 Å². The van der Waals surface area contributed by atoms with Crippen LogP contribution < -0.4 is 53.2 Å². The minimum absolute atomic E-state index is 0.303. The molecule has 35 heteroatoms. The van der Waals surface area contributed by atoms with E-state index in [2.05, 4.69) is 184 Å². The fourth-order valence-electron chi connectivity index (χ4n) is 14.1. The van der Waals surface area contributed by atoms with Crippen LogP contribution in [0.25, 0.3) is 0 Å². The van der Waals surface area contributed by atoms with Gasteiger partial charge in [0.25, 0.3) is 0 Å². The monoisotopic (exact) mass is 1650 g/mol. The Balaban J connectivity index is 0.000000193. The number of methoxy groups -OCH3 is 3. The highest BCUT2D eigenvalue weighted by atomic mass is 31.2. The van der Waals surface area contributed by atoms with Crippen molar-refractivity contribution in [2.75, 3.05) is 125 Å². The Hall–Kier alpha value is -5.35. The number of rotatable bonds is 23. The van der Waals surface area contributed by atoms with Crippen LogP contribution in [0.4, 0.5) is 24.0 Å². The summed E-state index contributed by atoms with van der Waals surface area (Å²) in [6.45, 7) is 38.5. The van der Waals surface area contributed by atoms with Gasteiger partial charge in [-0.3, -0.25) is 0 Å². The van der Waals surface area contributed by atoms with Gasteiger partial charge in [-0.25, -0.2) is 24.0 Å². The van der Waals surface area contributed by atoms with E-state index in [1.54, 1.807) is 46.1 Å². The number of carbonyl (C=O) groups is 5. The summed E-state index contributed by atoms with van der Waals surface area (Å²) in [6.07, 6.45) is 27.4. The molecule has 0 unspecified atom stereocenters. The fourth-order valence-corrected chi connectivity index (χ4v) is 19.0. The molecule has 6 saturated heterocycles. The number of nitrogens with one attached hydrogen (secondary N) is 10. The SMILES string of the molecule is C=C1NC(=O)NC=C1[C@@H]1O[C@@]2(CCP(=C)(C)C)CO[C@@H]1[C@@H]2O.C=C1NC(=O)NC=C1[C@@H]1O[C@H](CCP(=C)(C)C)[C@@H](O)[C@@]1(C)O.C=C1NC(=O)NC=C1[C@@H]1O[C@H](CCP(=C)(C)C)[C@@H](O)[C@H]1OC.C=C1NC(=O)NC=C1[C@@H]1O[C@H](CCP(=C)(C)C)[C@@H](O)[C@H]1OC.C=C1NC(=O)NC=C1[C@@H]1O[C@](C)(CCP(=C)(C)C)[C@@H](O)[C@H]1OC. The molecule has 16 N–H and O–H groups in total. The zero-order valence-corrected chi connectivity index (χ0v) is 71.7. The molecule has 11 heterocycles. The van der Waals surface area contributed by atoms with Crippen LogP contribution in [-0.4, -0.2) is 338 Å². The Morgan fingerprint density at radius 2 is 0.748 bits per heavy atom. The number of carbonyl (C=O) groups excluding carboxylic acids is 5. The molecule has 2 bridgehead atoms. The standard InChI is InChI=1S/C16H27N2O4P.C15H23N2O4P.3C15H25N2O4P/c1-10-11(9-17-15(20)18-10)12-13(21-3)14(19)16(2,22-12)7-8-23(4,5)6;1-9-10(7-16-14(19)17-9)11-12-13(18)15(21-11,8-20-12)5-6-22(2,3)4;1-9-10(8-16-14(19)17-9)13-15(2,20)12(18)11(21-13)6-7-22(3,4)5;2*1-9-10(8-16-15(19)17-9)13-14(20-2)12(18)11(21-13)6-7-22(3,4)5/h9,12-14,19H,1,4,7-8H2,2-3,5-6H3,(H2,17,18,20);7,11-13,18H,1-2,5-6,8H2,3-4H3,(H2,16,17,19);8,11-13,18,20H,1,3,6-7H2,2,4-5H3,(H2,16,17,19);2*8,11-14,18H,1,3,6-7H2,2,4-5H3,(H2,16,17,19)/t12-,13-,14-,16+;11-,12-,13-,15-;11-,12-,13+,15-;2*11-,12-,13+,14-/m00111/s1. The molecular weight excluding hydrogens is 1530 g/mol. The van der Waals surface area contributed by atoms with Crippen LogP contribution in [-0.2, 0) is 42.6 Å². The highest BCUT2D eigenvalue weighted by Gasteiger charge is 2.62. The number of fused-ring (bicyclic) bond motifs is 2. The number of hydrogen-bond acceptors (Lipinski definition) is 20. The van der Waals surface area contributed by atoms with Gasteiger partial charge >= 0.3 is 30.2 Å². The van der Waals surface area contributed by atoms with Gasteiger partial charge in [-0.2, -0.15) is 0 Å². The molecule has 6 fully saturated rings. The van der Waals surface area contributed by atoms with Crippen molar-refractivity contribution in [1.82, 2.24) is 53.2 Å². The molecule has 111 heavy (non-hydrogen) atoms. The summed E-state index contributed by atoms with van der Waals surface area (Å²) in [7, 11) is 4.64. The first-order chi connectivity index (χ1) is 51.3. The summed E-state index contributed by atoms with van der Waals surface area (Å²) < 4.78 is 52.4. The molecule has 0 spiro atoms. The molecule has 11 aliphatic rings. The summed E-state index contributed by atoms with van der Waals surface area (Å²) in [5.74, 6) is 0. The van der Waals surface area contributed by atoms with Crippen molar-refractivity contribution < 1.29 is 97.2 Å². The van der Waals surface area contributed by atoms with E-state index in [9.17, 15) is 54.6 Å². The van der Waals surface area contributed by atoms with Crippen LogP contribution in [0.3, 0.4) is 0 Å². The van der Waals surface area contributed by atoms with Gasteiger partial charge in [0.15, 0.2) is 0 Å². The van der Waals surface area contributed by atoms with Gasteiger partial charge in [0.05, 0.1) is 30.5 Å². The zero-order chi connectivity index (χ0) is 83.2. The molecule has 0 aromatic heterocycles. The van der Waals surface area contributed by atoms with Gasteiger partial charge in [-0.15, -0.1) is 65.9 Å². The second-order valence-electron chi connectivity index (χ2n) is 33.7. The van der Waals surface area contributed by atoms with Crippen molar-refractivity contribution in [1.29, 1.82) is 0 Å². The van der Waals surface area contributed by atoms with Crippen molar-refractivity contribution in [2.24, 2.45) is 0 Å². The predicted molar refractivity (Wildman–Crippen MR) is 451 cm³/mol. The van der Waals surface area contributed by atoms with Gasteiger partial charge in [0, 0.05) is 109 Å².